The number of carbonyl (C=O) groups excluding carboxylic acids is 4. The molecule has 0 saturated heterocycles. The first-order chi connectivity index (χ1) is 47.6. The van der Waals surface area contributed by atoms with Crippen LogP contribution in [0.1, 0.15) is 409 Å². The van der Waals surface area contributed by atoms with Crippen LogP contribution in [0, 0.1) is 23.7 Å². The molecule has 0 aromatic rings. The summed E-state index contributed by atoms with van der Waals surface area (Å²) in [7, 11) is -9.92. The molecule has 0 aliphatic rings. The monoisotopic (exact) mass is 1450 g/mol. The number of phosphoric acid groups is 2. The molecule has 0 amide bonds. The summed E-state index contributed by atoms with van der Waals surface area (Å²) in [6.07, 6.45) is 55.8. The summed E-state index contributed by atoms with van der Waals surface area (Å²) < 4.78 is 68.6. The Bertz CT molecular complexity index is 1940. The smallest absolute Gasteiger partial charge is 0.462 e. The van der Waals surface area contributed by atoms with Crippen molar-refractivity contribution in [3.63, 3.8) is 0 Å². The van der Waals surface area contributed by atoms with E-state index in [1.165, 1.54) is 205 Å². The lowest BCUT2D eigenvalue weighted by Crippen LogP contribution is -2.30. The van der Waals surface area contributed by atoms with Crippen LogP contribution in [-0.2, 0) is 65.4 Å². The van der Waals surface area contributed by atoms with Gasteiger partial charge in [-0.05, 0) is 49.4 Å². The molecule has 0 radical (unpaired) electrons. The summed E-state index contributed by atoms with van der Waals surface area (Å²) in [6.45, 7) is 14.2. The fraction of sp³-hybridized carbons (Fsp3) is 0.950. The van der Waals surface area contributed by atoms with E-state index in [1.807, 2.05) is 0 Å². The predicted octanol–water partition coefficient (Wildman–Crippen LogP) is 23.6. The van der Waals surface area contributed by atoms with Crippen molar-refractivity contribution in [2.45, 2.75) is 427 Å². The highest BCUT2D eigenvalue weighted by Gasteiger charge is 2.30. The number of phosphoric ester groups is 2. The molecule has 0 aliphatic heterocycles. The van der Waals surface area contributed by atoms with Gasteiger partial charge in [0.15, 0.2) is 12.2 Å². The van der Waals surface area contributed by atoms with Crippen LogP contribution < -0.4 is 0 Å². The second kappa shape index (κ2) is 69.1. The van der Waals surface area contributed by atoms with E-state index >= 15 is 0 Å². The van der Waals surface area contributed by atoms with E-state index in [2.05, 4.69) is 55.4 Å². The molecular formula is C80H156O17P2. The molecule has 19 heteroatoms. The second-order valence-corrected chi connectivity index (χ2v) is 33.4. The molecule has 0 aliphatic carbocycles. The van der Waals surface area contributed by atoms with Crippen LogP contribution in [0.25, 0.3) is 0 Å². The largest absolute Gasteiger partial charge is 0.472 e. The zero-order chi connectivity index (χ0) is 73.1. The summed E-state index contributed by atoms with van der Waals surface area (Å²) >= 11 is 0. The van der Waals surface area contributed by atoms with Crippen molar-refractivity contribution in [3.05, 3.63) is 0 Å². The van der Waals surface area contributed by atoms with Crippen molar-refractivity contribution >= 4 is 39.5 Å². The minimum absolute atomic E-state index is 0.105. The van der Waals surface area contributed by atoms with Crippen molar-refractivity contribution in [2.24, 2.45) is 23.7 Å². The molecule has 99 heavy (non-hydrogen) atoms. The Hall–Kier alpha value is -1.94. The van der Waals surface area contributed by atoms with Crippen LogP contribution in [0.2, 0.25) is 0 Å². The number of ether oxygens (including phenoxy) is 4. The van der Waals surface area contributed by atoms with Gasteiger partial charge in [-0.25, -0.2) is 9.13 Å². The van der Waals surface area contributed by atoms with Gasteiger partial charge in [-0.2, -0.15) is 0 Å². The molecule has 0 spiro atoms. The zero-order valence-corrected chi connectivity index (χ0v) is 66.9. The Balaban J connectivity index is 5.14. The van der Waals surface area contributed by atoms with Crippen molar-refractivity contribution in [2.75, 3.05) is 39.6 Å². The number of aliphatic hydroxyl groups is 1. The number of hydrogen-bond acceptors (Lipinski definition) is 15. The average Bonchev–Trinajstić information content (AvgIpc) is 0.962. The topological polar surface area (TPSA) is 237 Å². The van der Waals surface area contributed by atoms with Gasteiger partial charge in [-0.1, -0.05) is 357 Å². The van der Waals surface area contributed by atoms with Crippen molar-refractivity contribution in [3.8, 4) is 0 Å². The number of rotatable bonds is 77. The van der Waals surface area contributed by atoms with E-state index in [1.54, 1.807) is 0 Å². The predicted molar refractivity (Wildman–Crippen MR) is 404 cm³/mol. The first-order valence-corrected chi connectivity index (χ1v) is 44.2. The van der Waals surface area contributed by atoms with Crippen LogP contribution in [-0.4, -0.2) is 96.7 Å². The van der Waals surface area contributed by atoms with Crippen LogP contribution in [0.3, 0.4) is 0 Å². The molecule has 0 bridgehead atoms. The molecule has 0 heterocycles. The van der Waals surface area contributed by atoms with E-state index in [0.717, 1.165) is 114 Å². The van der Waals surface area contributed by atoms with Gasteiger partial charge >= 0.3 is 39.5 Å². The lowest BCUT2D eigenvalue weighted by atomic mass is 9.99. The van der Waals surface area contributed by atoms with Gasteiger partial charge < -0.3 is 33.8 Å². The molecule has 6 atom stereocenters. The first kappa shape index (κ1) is 97.1. The molecule has 0 saturated carbocycles. The summed E-state index contributed by atoms with van der Waals surface area (Å²) in [5, 5.41) is 10.6. The summed E-state index contributed by atoms with van der Waals surface area (Å²) in [5.74, 6) is 0.946. The Labute approximate surface area is 607 Å². The fourth-order valence-corrected chi connectivity index (χ4v) is 13.8. The molecule has 0 rings (SSSR count). The SMILES string of the molecule is CCC(C)CCCCCCCCCCCCCCCCC(=O)O[C@H](COC(=O)CCCCCCCCC(C)C)COP(=O)(O)OC[C@H](O)COP(=O)(O)OC[C@@H](COC(=O)CCCCCCCCCCCCCCCCCCCCC(C)C)OC(=O)CCCCCCCCCCC(C)C. The number of esters is 4. The number of carbonyl (C=O) groups is 4. The van der Waals surface area contributed by atoms with Crippen molar-refractivity contribution in [1.29, 1.82) is 0 Å². The van der Waals surface area contributed by atoms with Gasteiger partial charge in [0.1, 0.15) is 19.3 Å². The normalized spacial score (nSPS) is 14.3. The molecule has 588 valence electrons. The molecule has 3 unspecified atom stereocenters. The van der Waals surface area contributed by atoms with E-state index < -0.39 is 97.5 Å². The van der Waals surface area contributed by atoms with Gasteiger partial charge in [0.2, 0.25) is 0 Å². The van der Waals surface area contributed by atoms with Gasteiger partial charge in [0, 0.05) is 25.7 Å². The first-order valence-electron chi connectivity index (χ1n) is 41.2. The third-order valence-corrected chi connectivity index (χ3v) is 20.8. The van der Waals surface area contributed by atoms with Gasteiger partial charge in [-0.15, -0.1) is 0 Å². The maximum absolute atomic E-state index is 13.1. The van der Waals surface area contributed by atoms with Crippen molar-refractivity contribution < 1.29 is 80.2 Å². The Morgan fingerprint density at radius 2 is 0.485 bits per heavy atom. The van der Waals surface area contributed by atoms with E-state index in [0.29, 0.717) is 31.6 Å². The van der Waals surface area contributed by atoms with Gasteiger partial charge in [0.25, 0.3) is 0 Å². The highest BCUT2D eigenvalue weighted by atomic mass is 31.2. The zero-order valence-electron chi connectivity index (χ0n) is 65.1. The molecular weight excluding hydrogens is 1290 g/mol. The van der Waals surface area contributed by atoms with Crippen LogP contribution >= 0.6 is 15.6 Å². The Kier molecular flexibility index (Phi) is 67.8. The highest BCUT2D eigenvalue weighted by Crippen LogP contribution is 2.45. The Morgan fingerprint density at radius 3 is 0.717 bits per heavy atom. The van der Waals surface area contributed by atoms with E-state index in [-0.39, 0.29) is 25.7 Å². The summed E-state index contributed by atoms with van der Waals surface area (Å²) in [4.78, 5) is 72.9. The number of aliphatic hydroxyl groups excluding tert-OH is 1. The molecule has 0 fully saturated rings. The molecule has 0 aromatic heterocycles. The average molecular weight is 1450 g/mol. The Morgan fingerprint density at radius 1 is 0.283 bits per heavy atom. The molecule has 17 nitrogen and oxygen atoms in total. The molecule has 0 aromatic carbocycles. The van der Waals surface area contributed by atoms with Crippen LogP contribution in [0.15, 0.2) is 0 Å². The minimum Gasteiger partial charge on any atom is -0.462 e. The fourth-order valence-electron chi connectivity index (χ4n) is 12.2. The van der Waals surface area contributed by atoms with Crippen LogP contribution in [0.5, 0.6) is 0 Å². The molecule has 3 N–H and O–H groups in total. The highest BCUT2D eigenvalue weighted by molar-refractivity contribution is 7.47. The maximum atomic E-state index is 13.1. The summed E-state index contributed by atoms with van der Waals surface area (Å²) in [5.41, 5.74) is 0. The lowest BCUT2D eigenvalue weighted by molar-refractivity contribution is -0.161. The minimum atomic E-state index is -4.96. The maximum Gasteiger partial charge on any atom is 0.472 e. The van der Waals surface area contributed by atoms with Crippen LogP contribution in [0.4, 0.5) is 0 Å². The third-order valence-electron chi connectivity index (χ3n) is 18.9. The third kappa shape index (κ3) is 72.8. The van der Waals surface area contributed by atoms with Gasteiger partial charge in [0.05, 0.1) is 26.4 Å². The van der Waals surface area contributed by atoms with Crippen molar-refractivity contribution in [1.82, 2.24) is 0 Å². The van der Waals surface area contributed by atoms with Gasteiger partial charge in [-0.3, -0.25) is 37.3 Å². The summed E-state index contributed by atoms with van der Waals surface area (Å²) in [6, 6.07) is 0. The number of unbranched alkanes of at least 4 members (excludes halogenated alkanes) is 42. The lowest BCUT2D eigenvalue weighted by Gasteiger charge is -2.21. The quantitative estimate of drug-likeness (QED) is 0.0222. The second-order valence-electron chi connectivity index (χ2n) is 30.5. The number of hydrogen-bond donors (Lipinski definition) is 3. The van der Waals surface area contributed by atoms with E-state index in [4.69, 9.17) is 37.0 Å². The standard InChI is InChI=1S/C80H156O17P2/c1-9-73(8)59-51-43-34-27-23-19-16-17-21-25-29-36-46-54-62-79(84)96-76(67-91-78(83)61-53-45-39-38-42-50-58-72(6)7)69-95-99(88,89)93-65-74(81)64-92-98(86,87)94-68-75(97-80(85)63-55-47-37-31-30-33-41-49-57-71(4)5)66-90-77(82)60-52-44-35-28-24-20-15-13-11-10-12-14-18-22-26-32-40-48-56-70(2)3/h70-76,81H,9-69H2,1-8H3,(H,86,87)(H,88,89)/t73?,74-,75-,76-/m1/s1. The van der Waals surface area contributed by atoms with E-state index in [9.17, 15) is 43.2 Å².